The van der Waals surface area contributed by atoms with E-state index in [0.717, 1.165) is 37.0 Å². The quantitative estimate of drug-likeness (QED) is 0.659. The van der Waals surface area contributed by atoms with Gasteiger partial charge in [0.25, 0.3) is 5.91 Å². The summed E-state index contributed by atoms with van der Waals surface area (Å²) in [7, 11) is 0. The van der Waals surface area contributed by atoms with Crippen LogP contribution in [0.25, 0.3) is 11.0 Å². The highest BCUT2D eigenvalue weighted by Gasteiger charge is 2.54. The first-order valence-electron chi connectivity index (χ1n) is 10.7. The summed E-state index contributed by atoms with van der Waals surface area (Å²) >= 11 is 0. The van der Waals surface area contributed by atoms with Crippen LogP contribution in [0, 0.1) is 11.7 Å². The Labute approximate surface area is 174 Å². The van der Waals surface area contributed by atoms with Crippen LogP contribution in [0.3, 0.4) is 0 Å². The SMILES string of the molecule is O=C(c1cccc2nccnc12)N1C[C@@H](c2ccc(F)cc2)[C@@H]2[C@H]1C1CCN2CC1. The molecule has 2 bridgehead atoms. The van der Waals surface area contributed by atoms with Crippen molar-refractivity contribution in [2.45, 2.75) is 30.8 Å². The minimum absolute atomic E-state index is 0.0365. The summed E-state index contributed by atoms with van der Waals surface area (Å²) in [5, 5.41) is 0. The number of fused-ring (bicyclic) bond motifs is 3. The van der Waals surface area contributed by atoms with Crippen molar-refractivity contribution >= 4 is 16.9 Å². The Balaban J connectivity index is 1.42. The maximum absolute atomic E-state index is 13.8. The van der Waals surface area contributed by atoms with E-state index < -0.39 is 0 Å². The second-order valence-electron chi connectivity index (χ2n) is 8.70. The van der Waals surface area contributed by atoms with Crippen LogP contribution in [0.4, 0.5) is 4.39 Å². The van der Waals surface area contributed by atoms with E-state index in [2.05, 4.69) is 19.8 Å². The van der Waals surface area contributed by atoms with Crippen molar-refractivity contribution in [2.24, 2.45) is 5.92 Å². The number of rotatable bonds is 2. The van der Waals surface area contributed by atoms with Crippen molar-refractivity contribution < 1.29 is 9.18 Å². The lowest BCUT2D eigenvalue weighted by atomic mass is 9.75. The zero-order chi connectivity index (χ0) is 20.2. The van der Waals surface area contributed by atoms with E-state index in [1.54, 1.807) is 12.4 Å². The van der Waals surface area contributed by atoms with Gasteiger partial charge >= 0.3 is 0 Å². The van der Waals surface area contributed by atoms with E-state index in [0.29, 0.717) is 29.6 Å². The monoisotopic (exact) mass is 402 g/mol. The highest BCUT2D eigenvalue weighted by molar-refractivity contribution is 6.05. The fourth-order valence-corrected chi connectivity index (χ4v) is 5.98. The molecule has 0 aliphatic carbocycles. The lowest BCUT2D eigenvalue weighted by Crippen LogP contribution is -2.60. The molecule has 4 fully saturated rings. The van der Waals surface area contributed by atoms with E-state index in [-0.39, 0.29) is 23.7 Å². The zero-order valence-electron chi connectivity index (χ0n) is 16.6. The Morgan fingerprint density at radius 2 is 1.73 bits per heavy atom. The van der Waals surface area contributed by atoms with Gasteiger partial charge in [0.05, 0.1) is 17.1 Å². The predicted molar refractivity (Wildman–Crippen MR) is 112 cm³/mol. The van der Waals surface area contributed by atoms with E-state index in [1.807, 2.05) is 30.3 Å². The van der Waals surface area contributed by atoms with Crippen molar-refractivity contribution in [1.29, 1.82) is 0 Å². The summed E-state index contributed by atoms with van der Waals surface area (Å²) in [6.07, 6.45) is 5.56. The Morgan fingerprint density at radius 1 is 0.967 bits per heavy atom. The summed E-state index contributed by atoms with van der Waals surface area (Å²) in [6, 6.07) is 13.0. The van der Waals surface area contributed by atoms with Crippen molar-refractivity contribution in [3.63, 3.8) is 0 Å². The molecule has 5 nitrogen and oxygen atoms in total. The molecule has 4 aliphatic heterocycles. The molecule has 0 unspecified atom stereocenters. The number of hydrogen-bond donors (Lipinski definition) is 0. The molecule has 0 saturated carbocycles. The molecule has 3 atom stereocenters. The molecule has 6 heteroatoms. The number of carbonyl (C=O) groups is 1. The molecule has 4 aliphatic rings. The van der Waals surface area contributed by atoms with Crippen LogP contribution in [0.15, 0.2) is 54.9 Å². The highest BCUT2D eigenvalue weighted by Crippen LogP contribution is 2.47. The number of para-hydroxylation sites is 1. The standard InChI is InChI=1S/C24H23FN4O/c25-17-6-4-15(5-7-17)19-14-29(22-16-8-12-28(13-9-16)23(19)22)24(30)18-2-1-3-20-21(18)27-11-10-26-20/h1-7,10-11,16,19,22-23H,8-9,12-14H2/t19-,22+,23+/m0/s1. The normalized spacial score (nSPS) is 29.9. The number of likely N-dealkylation sites (tertiary alicyclic amines) is 1. The average molecular weight is 402 g/mol. The smallest absolute Gasteiger partial charge is 0.256 e. The third-order valence-electron chi connectivity index (χ3n) is 7.28. The van der Waals surface area contributed by atoms with Gasteiger partial charge in [0, 0.05) is 30.9 Å². The van der Waals surface area contributed by atoms with Crippen LogP contribution >= 0.6 is 0 Å². The molecule has 5 heterocycles. The van der Waals surface area contributed by atoms with Gasteiger partial charge in [0.1, 0.15) is 11.3 Å². The molecule has 0 N–H and O–H groups in total. The second kappa shape index (κ2) is 6.84. The lowest BCUT2D eigenvalue weighted by molar-refractivity contribution is -0.00335. The van der Waals surface area contributed by atoms with Gasteiger partial charge in [-0.05, 0) is 61.7 Å². The largest absolute Gasteiger partial charge is 0.333 e. The minimum Gasteiger partial charge on any atom is -0.333 e. The fourth-order valence-electron chi connectivity index (χ4n) is 5.98. The molecule has 3 aromatic rings. The average Bonchev–Trinajstić information content (AvgIpc) is 3.22. The van der Waals surface area contributed by atoms with Gasteiger partial charge in [0.15, 0.2) is 0 Å². The number of piperidine rings is 3. The van der Waals surface area contributed by atoms with Crippen LogP contribution in [0.1, 0.15) is 34.7 Å². The molecular formula is C24H23FN4O. The van der Waals surface area contributed by atoms with Crippen molar-refractivity contribution in [1.82, 2.24) is 19.8 Å². The highest BCUT2D eigenvalue weighted by atomic mass is 19.1. The van der Waals surface area contributed by atoms with Gasteiger partial charge in [0.2, 0.25) is 0 Å². The van der Waals surface area contributed by atoms with Crippen LogP contribution in [-0.2, 0) is 0 Å². The van der Waals surface area contributed by atoms with Gasteiger partial charge in [-0.3, -0.25) is 19.7 Å². The number of halogens is 1. The zero-order valence-corrected chi connectivity index (χ0v) is 16.6. The minimum atomic E-state index is -0.221. The Morgan fingerprint density at radius 3 is 2.53 bits per heavy atom. The van der Waals surface area contributed by atoms with Crippen LogP contribution in [0.5, 0.6) is 0 Å². The predicted octanol–water partition coefficient (Wildman–Crippen LogP) is 3.47. The van der Waals surface area contributed by atoms with Crippen molar-refractivity contribution in [3.05, 3.63) is 71.8 Å². The van der Waals surface area contributed by atoms with Crippen LogP contribution in [0.2, 0.25) is 0 Å². The van der Waals surface area contributed by atoms with Gasteiger partial charge in [-0.1, -0.05) is 18.2 Å². The van der Waals surface area contributed by atoms with Gasteiger partial charge in [-0.25, -0.2) is 4.39 Å². The fraction of sp³-hybridized carbons (Fsp3) is 0.375. The summed E-state index contributed by atoms with van der Waals surface area (Å²) in [5.74, 6) is 0.537. The van der Waals surface area contributed by atoms with Crippen molar-refractivity contribution in [2.75, 3.05) is 19.6 Å². The summed E-state index contributed by atoms with van der Waals surface area (Å²) < 4.78 is 13.5. The molecule has 152 valence electrons. The molecule has 0 radical (unpaired) electrons. The molecular weight excluding hydrogens is 379 g/mol. The third-order valence-corrected chi connectivity index (χ3v) is 7.28. The first-order chi connectivity index (χ1) is 14.7. The summed E-state index contributed by atoms with van der Waals surface area (Å²) in [6.45, 7) is 2.83. The van der Waals surface area contributed by atoms with E-state index in [4.69, 9.17) is 0 Å². The van der Waals surface area contributed by atoms with Crippen molar-refractivity contribution in [3.8, 4) is 0 Å². The molecule has 1 aromatic heterocycles. The Bertz CT molecular complexity index is 1100. The molecule has 7 rings (SSSR count). The van der Waals surface area contributed by atoms with Crippen LogP contribution < -0.4 is 0 Å². The second-order valence-corrected chi connectivity index (χ2v) is 8.70. The number of aromatic nitrogens is 2. The molecule has 1 amide bonds. The van der Waals surface area contributed by atoms with E-state index in [1.165, 1.54) is 12.1 Å². The molecule has 4 saturated heterocycles. The molecule has 2 aromatic carbocycles. The lowest BCUT2D eigenvalue weighted by Gasteiger charge is -2.51. The van der Waals surface area contributed by atoms with Gasteiger partial charge in [-0.2, -0.15) is 0 Å². The number of carbonyl (C=O) groups excluding carboxylic acids is 1. The third kappa shape index (κ3) is 2.67. The molecule has 0 spiro atoms. The number of amides is 1. The first kappa shape index (κ1) is 18.0. The van der Waals surface area contributed by atoms with Gasteiger partial charge in [-0.15, -0.1) is 0 Å². The summed E-state index contributed by atoms with van der Waals surface area (Å²) in [5.41, 5.74) is 3.14. The Kier molecular flexibility index (Phi) is 4.09. The van der Waals surface area contributed by atoms with E-state index in [9.17, 15) is 9.18 Å². The number of hydrogen-bond acceptors (Lipinski definition) is 4. The summed E-state index contributed by atoms with van der Waals surface area (Å²) in [4.78, 5) is 27.2. The van der Waals surface area contributed by atoms with E-state index >= 15 is 0 Å². The maximum Gasteiger partial charge on any atom is 0.256 e. The molecule has 30 heavy (non-hydrogen) atoms. The number of benzene rings is 2. The van der Waals surface area contributed by atoms with Gasteiger partial charge < -0.3 is 4.90 Å². The Hall–Kier alpha value is -2.86. The first-order valence-corrected chi connectivity index (χ1v) is 10.7. The topological polar surface area (TPSA) is 49.3 Å². The van der Waals surface area contributed by atoms with Crippen LogP contribution in [-0.4, -0.2) is 57.4 Å². The number of nitrogens with zero attached hydrogens (tertiary/aromatic N) is 4. The maximum atomic E-state index is 13.8.